The van der Waals surface area contributed by atoms with Crippen LogP contribution in [0.25, 0.3) is 0 Å². The molecule has 1 heterocycles. The quantitative estimate of drug-likeness (QED) is 0.809. The average Bonchev–Trinajstić information content (AvgIpc) is 2.49. The molecule has 0 N–H and O–H groups in total. The Morgan fingerprint density at radius 1 is 1.17 bits per heavy atom. The molecule has 1 aliphatic heterocycles. The molecule has 0 unspecified atom stereocenters. The van der Waals surface area contributed by atoms with Gasteiger partial charge in [0, 0.05) is 19.6 Å². The predicted molar refractivity (Wildman–Crippen MR) is 87.2 cm³/mol. The molecular formula is C16H23FN2O3S. The fourth-order valence-corrected chi connectivity index (χ4v) is 4.20. The maximum absolute atomic E-state index is 12.9. The van der Waals surface area contributed by atoms with Crippen LogP contribution in [0.5, 0.6) is 0 Å². The van der Waals surface area contributed by atoms with E-state index in [1.165, 1.54) is 12.1 Å². The molecule has 128 valence electrons. The van der Waals surface area contributed by atoms with Gasteiger partial charge in [0.25, 0.3) is 0 Å². The summed E-state index contributed by atoms with van der Waals surface area (Å²) in [7, 11) is 0.676. The summed E-state index contributed by atoms with van der Waals surface area (Å²) < 4.78 is 35.8. The molecule has 1 saturated heterocycles. The smallest absolute Gasteiger partial charge is 0.236 e. The van der Waals surface area contributed by atoms with Crippen molar-refractivity contribution in [2.24, 2.45) is 0 Å². The molecule has 0 aromatic heterocycles. The van der Waals surface area contributed by atoms with E-state index in [1.807, 2.05) is 11.9 Å². The van der Waals surface area contributed by atoms with Crippen LogP contribution in [0.2, 0.25) is 0 Å². The zero-order valence-electron chi connectivity index (χ0n) is 13.5. The SMILES string of the molecule is CN(Cc1ccc(F)cc1)C(=O)CN(C)C1CCS(=O)(=O)CC1. The molecule has 1 aromatic rings. The van der Waals surface area contributed by atoms with Crippen molar-refractivity contribution in [3.05, 3.63) is 35.6 Å². The molecule has 7 heteroatoms. The summed E-state index contributed by atoms with van der Waals surface area (Å²) in [5.41, 5.74) is 0.869. The number of amides is 1. The molecule has 5 nitrogen and oxygen atoms in total. The lowest BCUT2D eigenvalue weighted by atomic mass is 10.1. The van der Waals surface area contributed by atoms with Crippen molar-refractivity contribution in [3.8, 4) is 0 Å². The highest BCUT2D eigenvalue weighted by Gasteiger charge is 2.27. The van der Waals surface area contributed by atoms with Crippen molar-refractivity contribution in [3.63, 3.8) is 0 Å². The third-order valence-corrected chi connectivity index (χ3v) is 6.01. The van der Waals surface area contributed by atoms with Crippen LogP contribution >= 0.6 is 0 Å². The van der Waals surface area contributed by atoms with Crippen LogP contribution < -0.4 is 0 Å². The van der Waals surface area contributed by atoms with Gasteiger partial charge in [-0.3, -0.25) is 9.69 Å². The van der Waals surface area contributed by atoms with E-state index in [2.05, 4.69) is 0 Å². The molecule has 0 aliphatic carbocycles. The maximum atomic E-state index is 12.9. The van der Waals surface area contributed by atoms with E-state index in [9.17, 15) is 17.6 Å². The lowest BCUT2D eigenvalue weighted by molar-refractivity contribution is -0.131. The Hall–Kier alpha value is -1.47. The van der Waals surface area contributed by atoms with Crippen molar-refractivity contribution >= 4 is 15.7 Å². The predicted octanol–water partition coefficient (Wildman–Crippen LogP) is 1.29. The van der Waals surface area contributed by atoms with Gasteiger partial charge in [0.2, 0.25) is 5.91 Å². The van der Waals surface area contributed by atoms with E-state index < -0.39 is 9.84 Å². The van der Waals surface area contributed by atoms with Gasteiger partial charge in [0.05, 0.1) is 18.1 Å². The fraction of sp³-hybridized carbons (Fsp3) is 0.562. The van der Waals surface area contributed by atoms with E-state index in [4.69, 9.17) is 0 Å². The normalized spacial score (nSPS) is 18.1. The molecule has 1 aliphatic rings. The van der Waals surface area contributed by atoms with Crippen LogP contribution in [0.3, 0.4) is 0 Å². The molecule has 2 rings (SSSR count). The highest BCUT2D eigenvalue weighted by molar-refractivity contribution is 7.91. The van der Waals surface area contributed by atoms with Gasteiger partial charge in [0.15, 0.2) is 0 Å². The van der Waals surface area contributed by atoms with Crippen molar-refractivity contribution in [1.82, 2.24) is 9.80 Å². The van der Waals surface area contributed by atoms with E-state index in [1.54, 1.807) is 24.1 Å². The van der Waals surface area contributed by atoms with Gasteiger partial charge in [0.1, 0.15) is 15.7 Å². The summed E-state index contributed by atoms with van der Waals surface area (Å²) in [6.45, 7) is 0.675. The molecule has 1 amide bonds. The lowest BCUT2D eigenvalue weighted by Crippen LogP contribution is -2.44. The Morgan fingerprint density at radius 3 is 2.30 bits per heavy atom. The Morgan fingerprint density at radius 2 is 1.74 bits per heavy atom. The van der Waals surface area contributed by atoms with Gasteiger partial charge in [-0.1, -0.05) is 12.1 Å². The molecule has 1 fully saturated rings. The number of likely N-dealkylation sites (N-methyl/N-ethyl adjacent to an activating group) is 2. The second-order valence-electron chi connectivity index (χ2n) is 6.17. The Labute approximate surface area is 137 Å². The van der Waals surface area contributed by atoms with E-state index in [-0.39, 0.29) is 35.8 Å². The summed E-state index contributed by atoms with van der Waals surface area (Å²) >= 11 is 0. The summed E-state index contributed by atoms with van der Waals surface area (Å²) in [6, 6.07) is 6.20. The number of benzene rings is 1. The van der Waals surface area contributed by atoms with Crippen LogP contribution in [0.4, 0.5) is 4.39 Å². The minimum Gasteiger partial charge on any atom is -0.340 e. The van der Waals surface area contributed by atoms with Crippen LogP contribution in [0, 0.1) is 5.82 Å². The third-order valence-electron chi connectivity index (χ3n) is 4.29. The van der Waals surface area contributed by atoms with Gasteiger partial charge in [-0.25, -0.2) is 12.8 Å². The molecule has 0 bridgehead atoms. The molecule has 0 spiro atoms. The Balaban J connectivity index is 1.84. The zero-order valence-corrected chi connectivity index (χ0v) is 14.4. The van der Waals surface area contributed by atoms with Crippen molar-refractivity contribution < 1.29 is 17.6 Å². The molecular weight excluding hydrogens is 319 g/mol. The summed E-state index contributed by atoms with van der Waals surface area (Å²) in [6.07, 6.45) is 1.15. The van der Waals surface area contributed by atoms with Crippen LogP contribution in [-0.4, -0.2) is 62.3 Å². The summed E-state index contributed by atoms with van der Waals surface area (Å²) in [5.74, 6) is 0.0587. The van der Waals surface area contributed by atoms with Crippen molar-refractivity contribution in [1.29, 1.82) is 0 Å². The second kappa shape index (κ2) is 7.40. The van der Waals surface area contributed by atoms with Gasteiger partial charge < -0.3 is 4.90 Å². The number of sulfone groups is 1. The highest BCUT2D eigenvalue weighted by atomic mass is 32.2. The van der Waals surface area contributed by atoms with Crippen molar-refractivity contribution in [2.45, 2.75) is 25.4 Å². The standard InChI is InChI=1S/C16H23FN2O3S/c1-18(15-7-9-23(21,22)10-8-15)12-16(20)19(2)11-13-3-5-14(17)6-4-13/h3-6,15H,7-12H2,1-2H3. The Bertz CT molecular complexity index is 632. The first-order valence-electron chi connectivity index (χ1n) is 7.66. The van der Waals surface area contributed by atoms with Crippen molar-refractivity contribution in [2.75, 3.05) is 32.1 Å². The zero-order chi connectivity index (χ0) is 17.0. The fourth-order valence-electron chi connectivity index (χ4n) is 2.73. The maximum Gasteiger partial charge on any atom is 0.236 e. The van der Waals surface area contributed by atoms with Gasteiger partial charge in [-0.15, -0.1) is 0 Å². The highest BCUT2D eigenvalue weighted by Crippen LogP contribution is 2.17. The van der Waals surface area contributed by atoms with Gasteiger partial charge in [-0.05, 0) is 37.6 Å². The lowest BCUT2D eigenvalue weighted by Gasteiger charge is -2.31. The van der Waals surface area contributed by atoms with Gasteiger partial charge >= 0.3 is 0 Å². The van der Waals surface area contributed by atoms with Crippen LogP contribution in [0.15, 0.2) is 24.3 Å². The summed E-state index contributed by atoms with van der Waals surface area (Å²) in [5, 5.41) is 0. The minimum atomic E-state index is -2.89. The minimum absolute atomic E-state index is 0.0368. The number of carbonyl (C=O) groups is 1. The van der Waals surface area contributed by atoms with E-state index in [0.717, 1.165) is 5.56 Å². The molecule has 23 heavy (non-hydrogen) atoms. The van der Waals surface area contributed by atoms with Gasteiger partial charge in [-0.2, -0.15) is 0 Å². The average molecular weight is 342 g/mol. The third kappa shape index (κ3) is 5.28. The molecule has 1 aromatic carbocycles. The first-order chi connectivity index (χ1) is 10.8. The number of halogens is 1. The van der Waals surface area contributed by atoms with Crippen LogP contribution in [-0.2, 0) is 21.2 Å². The van der Waals surface area contributed by atoms with Crippen LogP contribution in [0.1, 0.15) is 18.4 Å². The topological polar surface area (TPSA) is 57.7 Å². The first kappa shape index (κ1) is 17.9. The number of nitrogens with zero attached hydrogens (tertiary/aromatic N) is 2. The number of hydrogen-bond donors (Lipinski definition) is 0. The second-order valence-corrected chi connectivity index (χ2v) is 8.48. The molecule has 0 atom stereocenters. The van der Waals surface area contributed by atoms with E-state index in [0.29, 0.717) is 19.4 Å². The summed E-state index contributed by atoms with van der Waals surface area (Å²) in [4.78, 5) is 15.8. The molecule has 0 saturated carbocycles. The largest absolute Gasteiger partial charge is 0.340 e. The first-order valence-corrected chi connectivity index (χ1v) is 9.48. The Kier molecular flexibility index (Phi) is 5.75. The van der Waals surface area contributed by atoms with E-state index >= 15 is 0 Å². The number of hydrogen-bond acceptors (Lipinski definition) is 4. The number of rotatable bonds is 5. The molecule has 0 radical (unpaired) electrons. The monoisotopic (exact) mass is 342 g/mol. The number of carbonyl (C=O) groups excluding carboxylic acids is 1.